The molecule has 4 aromatic rings. The number of aromatic nitrogens is 4. The van der Waals surface area contributed by atoms with Crippen LogP contribution in [0.25, 0.3) is 16.6 Å². The molecule has 3 saturated heterocycles. The summed E-state index contributed by atoms with van der Waals surface area (Å²) in [7, 11) is 1.62. The number of anilines is 2. The van der Waals surface area contributed by atoms with Gasteiger partial charge in [0.1, 0.15) is 11.9 Å². The molecule has 3 aliphatic rings. The Morgan fingerprint density at radius 2 is 2.03 bits per heavy atom. The van der Waals surface area contributed by atoms with Crippen LogP contribution >= 0.6 is 0 Å². The van der Waals surface area contributed by atoms with Crippen molar-refractivity contribution >= 4 is 23.1 Å². The molecule has 7 rings (SSSR count). The molecule has 3 aliphatic heterocycles. The van der Waals surface area contributed by atoms with E-state index in [0.717, 1.165) is 31.0 Å². The lowest BCUT2D eigenvalue weighted by Gasteiger charge is -2.56. The monoisotopic (exact) mass is 496 g/mol. The van der Waals surface area contributed by atoms with Crippen molar-refractivity contribution in [2.75, 3.05) is 30.4 Å². The number of hydrogen-bond acceptors (Lipinski definition) is 8. The zero-order valence-electron chi connectivity index (χ0n) is 20.1. The van der Waals surface area contributed by atoms with Crippen molar-refractivity contribution < 1.29 is 14.6 Å². The zero-order valence-corrected chi connectivity index (χ0v) is 20.1. The minimum absolute atomic E-state index is 0.356. The van der Waals surface area contributed by atoms with E-state index < -0.39 is 6.09 Å². The molecule has 2 N–H and O–H groups in total. The van der Waals surface area contributed by atoms with Crippen molar-refractivity contribution in [1.29, 1.82) is 5.26 Å². The third kappa shape index (κ3) is 4.17. The van der Waals surface area contributed by atoms with Crippen LogP contribution in [0.15, 0.2) is 55.1 Å². The van der Waals surface area contributed by atoms with Gasteiger partial charge in [0.25, 0.3) is 0 Å². The number of amides is 1. The van der Waals surface area contributed by atoms with E-state index >= 15 is 0 Å². The first-order valence-corrected chi connectivity index (χ1v) is 11.9. The Hall–Kier alpha value is -4.69. The fourth-order valence-corrected chi connectivity index (χ4v) is 5.32. The molecule has 2 unspecified atom stereocenters. The lowest BCUT2D eigenvalue weighted by molar-refractivity contribution is -0.00876. The highest BCUT2D eigenvalue weighted by Crippen LogP contribution is 2.36. The highest BCUT2D eigenvalue weighted by molar-refractivity contribution is 5.90. The van der Waals surface area contributed by atoms with E-state index in [4.69, 9.17) is 14.8 Å². The Bertz CT molecular complexity index is 1500. The molecule has 11 nitrogen and oxygen atoms in total. The fourth-order valence-electron chi connectivity index (χ4n) is 5.32. The van der Waals surface area contributed by atoms with Crippen LogP contribution in [0.3, 0.4) is 0 Å². The number of fused-ring (bicyclic) bond motifs is 3. The van der Waals surface area contributed by atoms with Gasteiger partial charge in [0.05, 0.1) is 36.3 Å². The second-order valence-corrected chi connectivity index (χ2v) is 9.27. The third-order valence-corrected chi connectivity index (χ3v) is 7.08. The maximum Gasteiger partial charge on any atom is 0.409 e. The van der Waals surface area contributed by atoms with Crippen molar-refractivity contribution in [1.82, 2.24) is 24.5 Å². The molecule has 0 saturated carbocycles. The predicted octanol–water partition coefficient (Wildman–Crippen LogP) is 3.22. The van der Waals surface area contributed by atoms with Gasteiger partial charge in [-0.1, -0.05) is 6.07 Å². The van der Waals surface area contributed by atoms with Crippen LogP contribution in [0, 0.1) is 11.3 Å². The molecule has 2 bridgehead atoms. The molecule has 7 heterocycles. The van der Waals surface area contributed by atoms with Crippen molar-refractivity contribution in [3.05, 3.63) is 66.2 Å². The largest absolute Gasteiger partial charge is 0.481 e. The van der Waals surface area contributed by atoms with E-state index in [9.17, 15) is 10.1 Å². The second-order valence-electron chi connectivity index (χ2n) is 9.27. The molecule has 3 fully saturated rings. The summed E-state index contributed by atoms with van der Waals surface area (Å²) in [6.45, 7) is 2.67. The third-order valence-electron chi connectivity index (χ3n) is 7.08. The first-order chi connectivity index (χ1) is 18.0. The van der Waals surface area contributed by atoms with Gasteiger partial charge in [-0.3, -0.25) is 10.2 Å². The van der Waals surface area contributed by atoms with E-state index in [1.54, 1.807) is 25.6 Å². The molecular formula is C26H24N8O3. The van der Waals surface area contributed by atoms with E-state index in [1.807, 2.05) is 24.4 Å². The van der Waals surface area contributed by atoms with Gasteiger partial charge in [-0.25, -0.2) is 19.3 Å². The van der Waals surface area contributed by atoms with Crippen molar-refractivity contribution in [3.8, 4) is 23.1 Å². The Kier molecular flexibility index (Phi) is 5.58. The summed E-state index contributed by atoms with van der Waals surface area (Å²) in [4.78, 5) is 25.1. The average Bonchev–Trinajstić information content (AvgIpc) is 3.34. The van der Waals surface area contributed by atoms with Crippen LogP contribution in [-0.4, -0.2) is 68.0 Å². The Balaban J connectivity index is 1.20. The molecule has 0 aliphatic carbocycles. The quantitative estimate of drug-likeness (QED) is 0.413. The minimum atomic E-state index is -1.17. The molecule has 0 spiro atoms. The van der Waals surface area contributed by atoms with Crippen LogP contribution in [0.5, 0.6) is 5.88 Å². The summed E-state index contributed by atoms with van der Waals surface area (Å²) in [5.41, 5.74) is 4.00. The number of carbonyl (C=O) groups is 1. The second kappa shape index (κ2) is 9.07. The van der Waals surface area contributed by atoms with E-state index in [2.05, 4.69) is 37.3 Å². The van der Waals surface area contributed by atoms with Crippen LogP contribution in [0.2, 0.25) is 0 Å². The summed E-state index contributed by atoms with van der Waals surface area (Å²) in [6, 6.07) is 12.7. The highest BCUT2D eigenvalue weighted by atomic mass is 16.5. The maximum atomic E-state index is 11.2. The van der Waals surface area contributed by atoms with Gasteiger partial charge in [0, 0.05) is 61.3 Å². The molecule has 37 heavy (non-hydrogen) atoms. The number of piperazine rings is 1. The first kappa shape index (κ1) is 22.8. The summed E-state index contributed by atoms with van der Waals surface area (Å²) in [5, 5.41) is 25.3. The number of nitrogens with one attached hydrogen (secondary N) is 1. The van der Waals surface area contributed by atoms with Crippen LogP contribution < -0.4 is 15.0 Å². The van der Waals surface area contributed by atoms with Crippen LogP contribution in [0.1, 0.15) is 17.5 Å². The Morgan fingerprint density at radius 3 is 2.68 bits per heavy atom. The summed E-state index contributed by atoms with van der Waals surface area (Å²) in [5.74, 6) is 1.52. The molecule has 4 aromatic heterocycles. The topological polar surface area (TPSA) is 132 Å². The number of pyridine rings is 3. The van der Waals surface area contributed by atoms with Crippen molar-refractivity contribution in [2.45, 2.75) is 25.0 Å². The van der Waals surface area contributed by atoms with Gasteiger partial charge >= 0.3 is 6.09 Å². The number of nitrogens with zero attached hydrogens (tertiary/aromatic N) is 7. The molecule has 0 radical (unpaired) electrons. The molecule has 0 aromatic carbocycles. The number of rotatable bonds is 6. The molecule has 186 valence electrons. The number of methoxy groups -OCH3 is 1. The number of carboxylic acid groups (broad SMARTS) is 1. The van der Waals surface area contributed by atoms with Crippen molar-refractivity contribution in [3.63, 3.8) is 0 Å². The first-order valence-electron chi connectivity index (χ1n) is 11.9. The highest BCUT2D eigenvalue weighted by Gasteiger charge is 2.44. The zero-order chi connectivity index (χ0) is 25.5. The average molecular weight is 497 g/mol. The number of piperidine rings is 1. The van der Waals surface area contributed by atoms with Gasteiger partial charge in [-0.05, 0) is 30.2 Å². The minimum Gasteiger partial charge on any atom is -0.481 e. The molecular weight excluding hydrogens is 472 g/mol. The van der Waals surface area contributed by atoms with E-state index in [-0.39, 0.29) is 0 Å². The van der Waals surface area contributed by atoms with Crippen LogP contribution in [0.4, 0.5) is 16.3 Å². The summed E-state index contributed by atoms with van der Waals surface area (Å²) < 4.78 is 6.67. The number of ether oxygens (including phenoxy) is 1. The van der Waals surface area contributed by atoms with Crippen molar-refractivity contribution in [2.24, 2.45) is 0 Å². The number of nitriles is 1. The standard InChI is InChI=1S/C26H24N8O3/c1-37-24-5-2-16(9-29-24)12-33-20-7-21(33)15-32(14-20)23-4-3-17(10-28-23)22-6-19(31-26(35)36)13-34-25(22)18(8-27)11-30-34/h2-6,9-11,13,20-21,31H,7,12,14-15H2,1H3,(H,35,36). The van der Waals surface area contributed by atoms with E-state index in [0.29, 0.717) is 40.3 Å². The van der Waals surface area contributed by atoms with Gasteiger partial charge in [0.2, 0.25) is 5.88 Å². The molecule has 1 amide bonds. The smallest absolute Gasteiger partial charge is 0.409 e. The Labute approximate surface area is 212 Å². The van der Waals surface area contributed by atoms with Crippen LogP contribution in [-0.2, 0) is 6.54 Å². The normalized spacial score (nSPS) is 18.8. The van der Waals surface area contributed by atoms with Gasteiger partial charge in [-0.15, -0.1) is 0 Å². The van der Waals surface area contributed by atoms with Gasteiger partial charge in [-0.2, -0.15) is 10.4 Å². The lowest BCUT2D eigenvalue weighted by atomic mass is 9.87. The van der Waals surface area contributed by atoms with Gasteiger partial charge in [0.15, 0.2) is 0 Å². The number of hydrogen-bond donors (Lipinski definition) is 2. The molecule has 11 heteroatoms. The lowest BCUT2D eigenvalue weighted by Crippen LogP contribution is -2.68. The Morgan fingerprint density at radius 1 is 1.19 bits per heavy atom. The summed E-state index contributed by atoms with van der Waals surface area (Å²) >= 11 is 0. The maximum absolute atomic E-state index is 11.2. The van der Waals surface area contributed by atoms with Gasteiger partial charge < -0.3 is 14.7 Å². The SMILES string of the molecule is COc1ccc(CN2C3CC2CN(c2ccc(-c4cc(NC(=O)O)cn5ncc(C#N)c45)cn2)C3)cn1. The summed E-state index contributed by atoms with van der Waals surface area (Å²) in [6.07, 6.45) is 6.67. The fraction of sp³-hybridized carbons (Fsp3) is 0.269. The predicted molar refractivity (Wildman–Crippen MR) is 136 cm³/mol. The molecule has 2 atom stereocenters. The van der Waals surface area contributed by atoms with E-state index in [1.165, 1.54) is 22.7 Å².